The number of hydrogen-bond acceptors (Lipinski definition) is 6. The van der Waals surface area contributed by atoms with Gasteiger partial charge in [-0.2, -0.15) is 5.10 Å². The molecule has 1 aromatic carbocycles. The summed E-state index contributed by atoms with van der Waals surface area (Å²) in [4.78, 5) is 25.4. The summed E-state index contributed by atoms with van der Waals surface area (Å²) in [5, 5.41) is 7.90. The summed E-state index contributed by atoms with van der Waals surface area (Å²) < 4.78 is 9.98. The molecule has 0 N–H and O–H groups in total. The van der Waals surface area contributed by atoms with Crippen LogP contribution in [0, 0.1) is 0 Å². The average Bonchev–Trinajstić information content (AvgIpc) is 2.65. The molecule has 0 radical (unpaired) electrons. The first-order valence-corrected chi connectivity index (χ1v) is 7.57. The van der Waals surface area contributed by atoms with Crippen molar-refractivity contribution in [3.63, 3.8) is 0 Å². The van der Waals surface area contributed by atoms with Gasteiger partial charge >= 0.3 is 12.1 Å². The first kappa shape index (κ1) is 15.9. The Hall–Kier alpha value is -2.96. The van der Waals surface area contributed by atoms with Gasteiger partial charge < -0.3 is 14.4 Å². The van der Waals surface area contributed by atoms with Gasteiger partial charge in [-0.15, -0.1) is 5.10 Å². The van der Waals surface area contributed by atoms with Crippen LogP contribution in [0.1, 0.15) is 27.3 Å². The minimum atomic E-state index is -0.547. The molecule has 1 aliphatic rings. The Morgan fingerprint density at radius 2 is 2.00 bits per heavy atom. The third-order valence-corrected chi connectivity index (χ3v) is 3.80. The van der Waals surface area contributed by atoms with E-state index in [2.05, 4.69) is 14.9 Å². The molecule has 0 bridgehead atoms. The number of rotatable bonds is 3. The quantitative estimate of drug-likeness (QED) is 0.802. The molecule has 0 saturated heterocycles. The van der Waals surface area contributed by atoms with Crippen molar-refractivity contribution in [1.82, 2.24) is 15.1 Å². The van der Waals surface area contributed by atoms with E-state index in [1.54, 1.807) is 11.0 Å². The average molecular weight is 327 g/mol. The Morgan fingerprint density at radius 1 is 1.21 bits per heavy atom. The molecular formula is C17H17N3O4. The van der Waals surface area contributed by atoms with Crippen LogP contribution in [0.4, 0.5) is 4.79 Å². The lowest BCUT2D eigenvalue weighted by atomic mass is 10.1. The molecule has 0 saturated carbocycles. The van der Waals surface area contributed by atoms with E-state index in [9.17, 15) is 9.59 Å². The van der Waals surface area contributed by atoms with Crippen LogP contribution >= 0.6 is 0 Å². The van der Waals surface area contributed by atoms with Crippen LogP contribution in [0.3, 0.4) is 0 Å². The predicted octanol–water partition coefficient (Wildman–Crippen LogP) is 1.96. The van der Waals surface area contributed by atoms with Gasteiger partial charge in [-0.25, -0.2) is 9.59 Å². The van der Waals surface area contributed by atoms with E-state index in [1.807, 2.05) is 30.3 Å². The number of nitrogens with zero attached hydrogens (tertiary/aromatic N) is 3. The highest BCUT2D eigenvalue weighted by Crippen LogP contribution is 2.18. The number of fused-ring (bicyclic) bond motifs is 1. The van der Waals surface area contributed by atoms with Crippen molar-refractivity contribution >= 4 is 12.1 Å². The molecule has 124 valence electrons. The zero-order valence-electron chi connectivity index (χ0n) is 13.3. The normalized spacial score (nSPS) is 13.1. The number of esters is 1. The smallest absolute Gasteiger partial charge is 0.410 e. The van der Waals surface area contributed by atoms with Gasteiger partial charge in [0, 0.05) is 13.0 Å². The first-order chi connectivity index (χ1) is 11.7. The highest BCUT2D eigenvalue weighted by atomic mass is 16.6. The number of methoxy groups -OCH3 is 1. The number of benzene rings is 1. The highest BCUT2D eigenvalue weighted by Gasteiger charge is 2.24. The molecule has 24 heavy (non-hydrogen) atoms. The van der Waals surface area contributed by atoms with E-state index < -0.39 is 5.97 Å². The van der Waals surface area contributed by atoms with Gasteiger partial charge in [0.15, 0.2) is 5.69 Å². The van der Waals surface area contributed by atoms with Crippen molar-refractivity contribution in [3.8, 4) is 0 Å². The van der Waals surface area contributed by atoms with Crippen LogP contribution in [-0.2, 0) is 29.0 Å². The first-order valence-electron chi connectivity index (χ1n) is 7.57. The molecule has 0 unspecified atom stereocenters. The lowest BCUT2D eigenvalue weighted by molar-refractivity contribution is 0.0592. The van der Waals surface area contributed by atoms with Gasteiger partial charge in [-0.05, 0) is 17.2 Å². The zero-order chi connectivity index (χ0) is 16.9. The monoisotopic (exact) mass is 327 g/mol. The van der Waals surface area contributed by atoms with Crippen LogP contribution in [0.25, 0.3) is 0 Å². The van der Waals surface area contributed by atoms with E-state index >= 15 is 0 Å². The maximum Gasteiger partial charge on any atom is 0.410 e. The van der Waals surface area contributed by atoms with E-state index in [0.717, 1.165) is 16.8 Å². The van der Waals surface area contributed by atoms with E-state index in [1.165, 1.54) is 7.11 Å². The van der Waals surface area contributed by atoms with Gasteiger partial charge in [0.25, 0.3) is 0 Å². The van der Waals surface area contributed by atoms with Crippen molar-refractivity contribution < 1.29 is 19.1 Å². The second kappa shape index (κ2) is 7.08. The van der Waals surface area contributed by atoms with Crippen LogP contribution in [0.2, 0.25) is 0 Å². The Kier molecular flexibility index (Phi) is 4.69. The SMILES string of the molecule is COC(=O)c1cc2c(nn1)CCN(C(=O)OCc1ccccc1)C2. The number of aromatic nitrogens is 2. The molecule has 1 aliphatic heterocycles. The zero-order valence-corrected chi connectivity index (χ0v) is 13.3. The lowest BCUT2D eigenvalue weighted by Crippen LogP contribution is -2.37. The standard InChI is InChI=1S/C17H17N3O4/c1-23-16(21)15-9-13-10-20(8-7-14(13)18-19-15)17(22)24-11-12-5-3-2-4-6-12/h2-6,9H,7-8,10-11H2,1H3. The summed E-state index contributed by atoms with van der Waals surface area (Å²) in [6, 6.07) is 11.1. The van der Waals surface area contributed by atoms with E-state index in [-0.39, 0.29) is 18.4 Å². The molecule has 0 aliphatic carbocycles. The van der Waals surface area contributed by atoms with Crippen molar-refractivity contribution in [2.45, 2.75) is 19.6 Å². The number of hydrogen-bond donors (Lipinski definition) is 0. The van der Waals surface area contributed by atoms with Gasteiger partial charge in [-0.3, -0.25) is 0 Å². The Bertz CT molecular complexity index is 749. The second-order valence-corrected chi connectivity index (χ2v) is 5.40. The topological polar surface area (TPSA) is 81.6 Å². The second-order valence-electron chi connectivity index (χ2n) is 5.40. The fourth-order valence-electron chi connectivity index (χ4n) is 2.50. The summed E-state index contributed by atoms with van der Waals surface area (Å²) in [6.45, 7) is 1.07. The highest BCUT2D eigenvalue weighted by molar-refractivity contribution is 5.87. The van der Waals surface area contributed by atoms with Crippen LogP contribution in [0.5, 0.6) is 0 Å². The minimum Gasteiger partial charge on any atom is -0.464 e. The van der Waals surface area contributed by atoms with Gasteiger partial charge in [0.1, 0.15) is 6.61 Å². The fraction of sp³-hybridized carbons (Fsp3) is 0.294. The molecule has 3 rings (SSSR count). The van der Waals surface area contributed by atoms with Crippen molar-refractivity contribution in [2.75, 3.05) is 13.7 Å². The predicted molar refractivity (Wildman–Crippen MR) is 84.1 cm³/mol. The van der Waals surface area contributed by atoms with E-state index in [0.29, 0.717) is 19.5 Å². The number of carbonyl (C=O) groups is 2. The van der Waals surface area contributed by atoms with Crippen molar-refractivity contribution in [2.24, 2.45) is 0 Å². The molecule has 0 atom stereocenters. The number of carbonyl (C=O) groups excluding carboxylic acids is 2. The Balaban J connectivity index is 1.65. The van der Waals surface area contributed by atoms with Crippen molar-refractivity contribution in [1.29, 1.82) is 0 Å². The molecule has 7 heteroatoms. The fourth-order valence-corrected chi connectivity index (χ4v) is 2.50. The minimum absolute atomic E-state index is 0.135. The summed E-state index contributed by atoms with van der Waals surface area (Å²) in [5.74, 6) is -0.547. The number of ether oxygens (including phenoxy) is 2. The summed E-state index contributed by atoms with van der Waals surface area (Å²) >= 11 is 0. The molecule has 0 fully saturated rings. The summed E-state index contributed by atoms with van der Waals surface area (Å²) in [7, 11) is 1.29. The third-order valence-electron chi connectivity index (χ3n) is 3.80. The summed E-state index contributed by atoms with van der Waals surface area (Å²) in [5.41, 5.74) is 2.64. The van der Waals surface area contributed by atoms with Crippen LogP contribution in [0.15, 0.2) is 36.4 Å². The maximum absolute atomic E-state index is 12.2. The summed E-state index contributed by atoms with van der Waals surface area (Å²) in [6.07, 6.45) is 0.186. The molecule has 2 heterocycles. The molecule has 2 aromatic rings. The Morgan fingerprint density at radius 3 is 2.75 bits per heavy atom. The molecule has 7 nitrogen and oxygen atoms in total. The van der Waals surface area contributed by atoms with Crippen LogP contribution < -0.4 is 0 Å². The largest absolute Gasteiger partial charge is 0.464 e. The number of amides is 1. The van der Waals surface area contributed by atoms with Crippen molar-refractivity contribution in [3.05, 3.63) is 58.9 Å². The maximum atomic E-state index is 12.2. The van der Waals surface area contributed by atoms with Gasteiger partial charge in [0.2, 0.25) is 0 Å². The molecular weight excluding hydrogens is 310 g/mol. The molecule has 1 aromatic heterocycles. The van der Waals surface area contributed by atoms with Gasteiger partial charge in [-0.1, -0.05) is 30.3 Å². The van der Waals surface area contributed by atoms with E-state index in [4.69, 9.17) is 4.74 Å². The Labute approximate surface area is 139 Å². The molecule has 0 spiro atoms. The lowest BCUT2D eigenvalue weighted by Gasteiger charge is -2.27. The third kappa shape index (κ3) is 3.51. The molecule has 1 amide bonds. The van der Waals surface area contributed by atoms with Gasteiger partial charge in [0.05, 0.1) is 19.3 Å². The van der Waals surface area contributed by atoms with Crippen LogP contribution in [-0.4, -0.2) is 40.8 Å².